The molecule has 4 nitrogen and oxygen atoms in total. The summed E-state index contributed by atoms with van der Waals surface area (Å²) in [5.41, 5.74) is 0. The van der Waals surface area contributed by atoms with Gasteiger partial charge in [0.05, 0.1) is 13.2 Å². The Kier molecular flexibility index (Phi) is 9.74. The predicted octanol–water partition coefficient (Wildman–Crippen LogP) is 2.37. The van der Waals surface area contributed by atoms with Crippen LogP contribution >= 0.6 is 0 Å². The lowest BCUT2D eigenvalue weighted by molar-refractivity contribution is 0.0481. The van der Waals surface area contributed by atoms with E-state index in [2.05, 4.69) is 11.7 Å². The Bertz CT molecular complexity index is 136. The molecule has 0 N–H and O–H groups in total. The lowest BCUT2D eigenvalue weighted by Gasteiger charge is -2.04. The minimum absolute atomic E-state index is 0.353. The van der Waals surface area contributed by atoms with Gasteiger partial charge in [0.1, 0.15) is 0 Å². The average Bonchev–Trinajstić information content (AvgIpc) is 2.17. The van der Waals surface area contributed by atoms with Crippen molar-refractivity contribution in [2.45, 2.75) is 33.1 Å². The fourth-order valence-electron chi connectivity index (χ4n) is 0.824. The van der Waals surface area contributed by atoms with Crippen LogP contribution in [0.2, 0.25) is 0 Å². The number of rotatable bonds is 8. The minimum atomic E-state index is -0.596. The van der Waals surface area contributed by atoms with Crippen LogP contribution < -0.4 is 0 Å². The van der Waals surface area contributed by atoms with Crippen molar-refractivity contribution < 1.29 is 19.0 Å². The van der Waals surface area contributed by atoms with Crippen molar-refractivity contribution >= 4 is 6.16 Å². The van der Waals surface area contributed by atoms with E-state index in [0.29, 0.717) is 19.8 Å². The third kappa shape index (κ3) is 9.32. The van der Waals surface area contributed by atoms with E-state index in [9.17, 15) is 4.79 Å². The van der Waals surface area contributed by atoms with Crippen molar-refractivity contribution in [1.82, 2.24) is 0 Å². The van der Waals surface area contributed by atoms with Crippen molar-refractivity contribution in [2.24, 2.45) is 0 Å². The summed E-state index contributed by atoms with van der Waals surface area (Å²) in [7, 11) is 0. The molecule has 0 bridgehead atoms. The largest absolute Gasteiger partial charge is 0.508 e. The topological polar surface area (TPSA) is 44.8 Å². The summed E-state index contributed by atoms with van der Waals surface area (Å²) >= 11 is 0. The lowest BCUT2D eigenvalue weighted by atomic mass is 10.4. The van der Waals surface area contributed by atoms with Gasteiger partial charge in [0.15, 0.2) is 0 Å². The predicted molar refractivity (Wildman–Crippen MR) is 53.3 cm³/mol. The van der Waals surface area contributed by atoms with E-state index < -0.39 is 6.16 Å². The lowest BCUT2D eigenvalue weighted by Crippen LogP contribution is -2.09. The van der Waals surface area contributed by atoms with Crippen LogP contribution in [0.15, 0.2) is 0 Å². The molecule has 0 spiro atoms. The molecule has 0 unspecified atom stereocenters. The fraction of sp³-hybridized carbons (Fsp3) is 0.900. The van der Waals surface area contributed by atoms with E-state index in [4.69, 9.17) is 9.47 Å². The first kappa shape index (κ1) is 13.2. The van der Waals surface area contributed by atoms with Gasteiger partial charge in [-0.3, -0.25) is 0 Å². The van der Waals surface area contributed by atoms with E-state index in [-0.39, 0.29) is 0 Å². The Morgan fingerprint density at radius 2 is 1.71 bits per heavy atom. The second-order valence-corrected chi connectivity index (χ2v) is 2.85. The second kappa shape index (κ2) is 10.3. The van der Waals surface area contributed by atoms with Gasteiger partial charge in [-0.25, -0.2) is 4.79 Å². The first-order valence-electron chi connectivity index (χ1n) is 5.18. The molecule has 0 aromatic heterocycles. The molecule has 0 radical (unpaired) electrons. The molecule has 0 aromatic rings. The maximum Gasteiger partial charge on any atom is 0.508 e. The van der Waals surface area contributed by atoms with Crippen molar-refractivity contribution in [3.05, 3.63) is 0 Å². The van der Waals surface area contributed by atoms with Crippen LogP contribution in [-0.4, -0.2) is 32.6 Å². The SMILES string of the molecule is CCCCOCCCOC(=O)OCC. The third-order valence-corrected chi connectivity index (χ3v) is 1.56. The maximum absolute atomic E-state index is 10.7. The molecule has 0 saturated heterocycles. The van der Waals surface area contributed by atoms with Crippen LogP contribution in [-0.2, 0) is 14.2 Å². The summed E-state index contributed by atoms with van der Waals surface area (Å²) in [4.78, 5) is 10.7. The number of hydrogen-bond acceptors (Lipinski definition) is 4. The summed E-state index contributed by atoms with van der Waals surface area (Å²) < 4.78 is 14.6. The van der Waals surface area contributed by atoms with Crippen LogP contribution in [0.1, 0.15) is 33.1 Å². The van der Waals surface area contributed by atoms with E-state index in [0.717, 1.165) is 25.9 Å². The standard InChI is InChI=1S/C10H20O4/c1-3-5-7-12-8-6-9-14-10(11)13-4-2/h3-9H2,1-2H3. The Hall–Kier alpha value is -0.770. The third-order valence-electron chi connectivity index (χ3n) is 1.56. The Morgan fingerprint density at radius 3 is 2.36 bits per heavy atom. The van der Waals surface area contributed by atoms with Crippen LogP contribution in [0.5, 0.6) is 0 Å². The van der Waals surface area contributed by atoms with Crippen molar-refractivity contribution in [2.75, 3.05) is 26.4 Å². The molecule has 0 heterocycles. The zero-order chi connectivity index (χ0) is 10.6. The Balaban J connectivity index is 3.01. The van der Waals surface area contributed by atoms with Crippen molar-refractivity contribution in [3.63, 3.8) is 0 Å². The normalized spacial score (nSPS) is 9.86. The monoisotopic (exact) mass is 204 g/mol. The summed E-state index contributed by atoms with van der Waals surface area (Å²) in [6.07, 6.45) is 2.35. The first-order chi connectivity index (χ1) is 6.81. The molecule has 0 saturated carbocycles. The molecule has 4 heteroatoms. The van der Waals surface area contributed by atoms with E-state index >= 15 is 0 Å². The van der Waals surface area contributed by atoms with Gasteiger partial charge in [0.2, 0.25) is 0 Å². The number of hydrogen-bond donors (Lipinski definition) is 0. The highest BCUT2D eigenvalue weighted by Gasteiger charge is 2.00. The minimum Gasteiger partial charge on any atom is -0.435 e. The Morgan fingerprint density at radius 1 is 1.00 bits per heavy atom. The molecular weight excluding hydrogens is 184 g/mol. The van der Waals surface area contributed by atoms with Crippen LogP contribution in [0.25, 0.3) is 0 Å². The van der Waals surface area contributed by atoms with Gasteiger partial charge >= 0.3 is 6.16 Å². The molecule has 0 aliphatic heterocycles. The van der Waals surface area contributed by atoms with Crippen LogP contribution in [0.3, 0.4) is 0 Å². The zero-order valence-electron chi connectivity index (χ0n) is 9.08. The highest BCUT2D eigenvalue weighted by Crippen LogP contribution is 1.92. The molecule has 84 valence electrons. The quantitative estimate of drug-likeness (QED) is 0.449. The number of ether oxygens (including phenoxy) is 3. The summed E-state index contributed by atoms with van der Waals surface area (Å²) in [6, 6.07) is 0. The van der Waals surface area contributed by atoms with Gasteiger partial charge in [0, 0.05) is 19.6 Å². The zero-order valence-corrected chi connectivity index (χ0v) is 9.08. The molecule has 0 rings (SSSR count). The summed E-state index contributed by atoms with van der Waals surface area (Å²) in [6.45, 7) is 6.01. The molecule has 0 amide bonds. The summed E-state index contributed by atoms with van der Waals surface area (Å²) in [5.74, 6) is 0. The van der Waals surface area contributed by atoms with Crippen LogP contribution in [0, 0.1) is 0 Å². The van der Waals surface area contributed by atoms with E-state index in [1.807, 2.05) is 0 Å². The van der Waals surface area contributed by atoms with Crippen molar-refractivity contribution in [3.8, 4) is 0 Å². The maximum atomic E-state index is 10.7. The average molecular weight is 204 g/mol. The fourth-order valence-corrected chi connectivity index (χ4v) is 0.824. The van der Waals surface area contributed by atoms with Gasteiger partial charge in [0.25, 0.3) is 0 Å². The highest BCUT2D eigenvalue weighted by atomic mass is 16.7. The smallest absolute Gasteiger partial charge is 0.435 e. The van der Waals surface area contributed by atoms with Gasteiger partial charge in [-0.15, -0.1) is 0 Å². The van der Waals surface area contributed by atoms with E-state index in [1.54, 1.807) is 6.92 Å². The molecular formula is C10H20O4. The van der Waals surface area contributed by atoms with Gasteiger partial charge in [-0.2, -0.15) is 0 Å². The number of carbonyl (C=O) groups is 1. The molecule has 14 heavy (non-hydrogen) atoms. The highest BCUT2D eigenvalue weighted by molar-refractivity contribution is 5.59. The number of unbranched alkanes of at least 4 members (excludes halogenated alkanes) is 1. The molecule has 0 atom stereocenters. The number of carbonyl (C=O) groups excluding carboxylic acids is 1. The Labute approximate surface area is 85.5 Å². The van der Waals surface area contributed by atoms with E-state index in [1.165, 1.54) is 0 Å². The molecule has 0 aromatic carbocycles. The molecule has 0 fully saturated rings. The van der Waals surface area contributed by atoms with Gasteiger partial charge < -0.3 is 14.2 Å². The first-order valence-corrected chi connectivity index (χ1v) is 5.18. The molecule has 0 aliphatic carbocycles. The molecule has 0 aliphatic rings. The van der Waals surface area contributed by atoms with Crippen LogP contribution in [0.4, 0.5) is 4.79 Å². The van der Waals surface area contributed by atoms with Crippen molar-refractivity contribution in [1.29, 1.82) is 0 Å². The van der Waals surface area contributed by atoms with Gasteiger partial charge in [-0.1, -0.05) is 13.3 Å². The summed E-state index contributed by atoms with van der Waals surface area (Å²) in [5, 5.41) is 0. The second-order valence-electron chi connectivity index (χ2n) is 2.85. The van der Waals surface area contributed by atoms with Gasteiger partial charge in [-0.05, 0) is 13.3 Å².